The number of carbonyl (C=O) groups is 1. The van der Waals surface area contributed by atoms with E-state index in [0.29, 0.717) is 9.75 Å². The number of halogens is 5. The lowest BCUT2D eigenvalue weighted by atomic mass is 10.3. The van der Waals surface area contributed by atoms with Crippen LogP contribution in [0, 0.1) is 5.92 Å². The quantitative estimate of drug-likeness (QED) is 0.739. The summed E-state index contributed by atoms with van der Waals surface area (Å²) in [6, 6.07) is 3.08. The van der Waals surface area contributed by atoms with Crippen LogP contribution in [-0.2, 0) is 17.5 Å². The number of aromatic nitrogens is 2. The predicted octanol–water partition coefficient (Wildman–Crippen LogP) is 3.82. The monoisotopic (exact) mass is 381 g/mol. The third-order valence-electron chi connectivity index (χ3n) is 3.71. The van der Waals surface area contributed by atoms with Gasteiger partial charge in [-0.25, -0.2) is 8.78 Å². The SMILES string of the molecule is CCN(Cc1ccc(-c2noc(C(F)(F)F)n2)s1)C(=O)C1CC1(F)F. The molecule has 25 heavy (non-hydrogen) atoms. The molecule has 136 valence electrons. The van der Waals surface area contributed by atoms with E-state index in [1.54, 1.807) is 13.0 Å². The van der Waals surface area contributed by atoms with Crippen LogP contribution in [0.1, 0.15) is 24.1 Å². The molecule has 0 spiro atoms. The minimum atomic E-state index is -4.73. The molecule has 0 radical (unpaired) electrons. The molecule has 3 rings (SSSR count). The van der Waals surface area contributed by atoms with Crippen LogP contribution in [0.5, 0.6) is 0 Å². The summed E-state index contributed by atoms with van der Waals surface area (Å²) in [5, 5.41) is 3.28. The third-order valence-corrected chi connectivity index (χ3v) is 4.78. The lowest BCUT2D eigenvalue weighted by Gasteiger charge is -2.20. The van der Waals surface area contributed by atoms with Crippen molar-refractivity contribution >= 4 is 17.2 Å². The van der Waals surface area contributed by atoms with E-state index in [1.807, 2.05) is 0 Å². The molecule has 0 aliphatic heterocycles. The average molecular weight is 381 g/mol. The van der Waals surface area contributed by atoms with Gasteiger partial charge in [-0.15, -0.1) is 11.3 Å². The molecule has 5 nitrogen and oxygen atoms in total. The van der Waals surface area contributed by atoms with Gasteiger partial charge in [0.15, 0.2) is 0 Å². The summed E-state index contributed by atoms with van der Waals surface area (Å²) in [5.41, 5.74) is 0. The summed E-state index contributed by atoms with van der Waals surface area (Å²) in [6.45, 7) is 2.01. The number of alkyl halides is 5. The molecular formula is C14H12F5N3O2S. The molecule has 1 fully saturated rings. The van der Waals surface area contributed by atoms with Gasteiger partial charge in [0.25, 0.3) is 5.92 Å². The van der Waals surface area contributed by atoms with E-state index < -0.39 is 36.2 Å². The Balaban J connectivity index is 1.71. The topological polar surface area (TPSA) is 59.2 Å². The van der Waals surface area contributed by atoms with Crippen LogP contribution in [-0.4, -0.2) is 33.4 Å². The zero-order valence-corrected chi connectivity index (χ0v) is 13.6. The van der Waals surface area contributed by atoms with Crippen molar-refractivity contribution in [2.75, 3.05) is 6.54 Å². The van der Waals surface area contributed by atoms with Crippen LogP contribution in [0.2, 0.25) is 0 Å². The Kier molecular flexibility index (Phi) is 4.30. The normalized spacial score (nSPS) is 19.0. The Morgan fingerprint density at radius 1 is 1.44 bits per heavy atom. The highest BCUT2D eigenvalue weighted by Gasteiger charge is 2.62. The molecule has 2 aromatic heterocycles. The smallest absolute Gasteiger partial charge is 0.337 e. The maximum absolute atomic E-state index is 13.0. The first-order valence-corrected chi connectivity index (χ1v) is 8.10. The first-order chi connectivity index (χ1) is 11.6. The maximum atomic E-state index is 13.0. The fraction of sp³-hybridized carbons (Fsp3) is 0.500. The lowest BCUT2D eigenvalue weighted by Crippen LogP contribution is -2.32. The fourth-order valence-electron chi connectivity index (χ4n) is 2.26. The Morgan fingerprint density at radius 2 is 2.12 bits per heavy atom. The molecule has 2 heterocycles. The van der Waals surface area contributed by atoms with Crippen molar-refractivity contribution in [3.05, 3.63) is 22.9 Å². The molecule has 11 heteroatoms. The molecule has 1 amide bonds. The number of nitrogens with zero attached hydrogens (tertiary/aromatic N) is 3. The Morgan fingerprint density at radius 3 is 2.64 bits per heavy atom. The van der Waals surface area contributed by atoms with Crippen LogP contribution >= 0.6 is 11.3 Å². The summed E-state index contributed by atoms with van der Waals surface area (Å²) >= 11 is 1.07. The number of amides is 1. The molecule has 0 N–H and O–H groups in total. The van der Waals surface area contributed by atoms with Crippen molar-refractivity contribution in [1.82, 2.24) is 15.0 Å². The van der Waals surface area contributed by atoms with Crippen LogP contribution in [0.3, 0.4) is 0 Å². The van der Waals surface area contributed by atoms with Gasteiger partial charge in [0.1, 0.15) is 5.92 Å². The van der Waals surface area contributed by atoms with Crippen molar-refractivity contribution in [2.24, 2.45) is 5.92 Å². The van der Waals surface area contributed by atoms with E-state index in [0.717, 1.165) is 11.3 Å². The average Bonchev–Trinajstić information content (AvgIpc) is 2.94. The van der Waals surface area contributed by atoms with Gasteiger partial charge >= 0.3 is 12.1 Å². The van der Waals surface area contributed by atoms with E-state index >= 15 is 0 Å². The maximum Gasteiger partial charge on any atom is 0.471 e. The van der Waals surface area contributed by atoms with E-state index in [4.69, 9.17) is 0 Å². The molecule has 1 aliphatic rings. The van der Waals surface area contributed by atoms with E-state index in [-0.39, 0.29) is 18.9 Å². The highest BCUT2D eigenvalue weighted by atomic mass is 32.1. The van der Waals surface area contributed by atoms with Gasteiger partial charge in [-0.3, -0.25) is 4.79 Å². The summed E-state index contributed by atoms with van der Waals surface area (Å²) in [6.07, 6.45) is -5.17. The number of thiophene rings is 1. The molecular weight excluding hydrogens is 369 g/mol. The molecule has 0 saturated heterocycles. The molecule has 1 saturated carbocycles. The van der Waals surface area contributed by atoms with Gasteiger partial charge < -0.3 is 9.42 Å². The second-order valence-electron chi connectivity index (χ2n) is 5.56. The third kappa shape index (κ3) is 3.65. The van der Waals surface area contributed by atoms with Crippen molar-refractivity contribution < 1.29 is 31.3 Å². The van der Waals surface area contributed by atoms with Gasteiger partial charge in [-0.1, -0.05) is 5.16 Å². The summed E-state index contributed by atoms with van der Waals surface area (Å²) in [4.78, 5) is 17.6. The van der Waals surface area contributed by atoms with Crippen molar-refractivity contribution in [1.29, 1.82) is 0 Å². The lowest BCUT2D eigenvalue weighted by molar-refractivity contribution is -0.159. The first kappa shape index (κ1) is 17.8. The number of hydrogen-bond donors (Lipinski definition) is 0. The first-order valence-electron chi connectivity index (χ1n) is 7.28. The minimum absolute atomic E-state index is 0.0938. The minimum Gasteiger partial charge on any atom is -0.337 e. The van der Waals surface area contributed by atoms with E-state index in [9.17, 15) is 26.7 Å². The number of carbonyl (C=O) groups excluding carboxylic acids is 1. The van der Waals surface area contributed by atoms with Gasteiger partial charge in [0, 0.05) is 17.8 Å². The Hall–Kier alpha value is -2.04. The largest absolute Gasteiger partial charge is 0.471 e. The number of hydrogen-bond acceptors (Lipinski definition) is 5. The summed E-state index contributed by atoms with van der Waals surface area (Å²) in [5.74, 6) is -6.51. The van der Waals surface area contributed by atoms with E-state index in [2.05, 4.69) is 14.7 Å². The molecule has 2 aromatic rings. The van der Waals surface area contributed by atoms with Gasteiger partial charge in [-0.2, -0.15) is 18.2 Å². The van der Waals surface area contributed by atoms with Gasteiger partial charge in [0.2, 0.25) is 11.7 Å². The Labute approximate surface area is 142 Å². The second-order valence-corrected chi connectivity index (χ2v) is 6.73. The highest BCUT2D eigenvalue weighted by Crippen LogP contribution is 2.49. The van der Waals surface area contributed by atoms with E-state index in [1.165, 1.54) is 11.0 Å². The fourth-order valence-corrected chi connectivity index (χ4v) is 3.21. The molecule has 1 unspecified atom stereocenters. The van der Waals surface area contributed by atoms with Crippen LogP contribution in [0.4, 0.5) is 22.0 Å². The highest BCUT2D eigenvalue weighted by molar-refractivity contribution is 7.15. The van der Waals surface area contributed by atoms with Gasteiger partial charge in [-0.05, 0) is 19.1 Å². The van der Waals surface area contributed by atoms with Crippen molar-refractivity contribution in [3.8, 4) is 10.7 Å². The summed E-state index contributed by atoms with van der Waals surface area (Å²) < 4.78 is 67.7. The predicted molar refractivity (Wildman–Crippen MR) is 76.8 cm³/mol. The van der Waals surface area contributed by atoms with Crippen molar-refractivity contribution in [2.45, 2.75) is 32.0 Å². The molecule has 0 aromatic carbocycles. The zero-order chi connectivity index (χ0) is 18.4. The molecule has 0 bridgehead atoms. The standard InChI is InChI=1S/C14H12F5N3O2S/c1-2-22(11(23)8-5-13(8,15)16)6-7-3-4-9(25-7)10-20-12(24-21-10)14(17,18)19/h3-4,8H,2,5-6H2,1H3. The summed E-state index contributed by atoms with van der Waals surface area (Å²) in [7, 11) is 0. The van der Waals surface area contributed by atoms with Gasteiger partial charge in [0.05, 0.1) is 11.4 Å². The van der Waals surface area contributed by atoms with Crippen LogP contribution < -0.4 is 0 Å². The van der Waals surface area contributed by atoms with Crippen molar-refractivity contribution in [3.63, 3.8) is 0 Å². The second kappa shape index (κ2) is 6.04. The number of rotatable bonds is 5. The van der Waals surface area contributed by atoms with Crippen LogP contribution in [0.15, 0.2) is 16.7 Å². The molecule has 1 aliphatic carbocycles. The van der Waals surface area contributed by atoms with Crippen LogP contribution in [0.25, 0.3) is 10.7 Å². The molecule has 1 atom stereocenters. The zero-order valence-electron chi connectivity index (χ0n) is 12.8. The Bertz CT molecular complexity index is 786.